The zero-order valence-corrected chi connectivity index (χ0v) is 9.27. The van der Waals surface area contributed by atoms with Gasteiger partial charge >= 0.3 is 5.97 Å². The van der Waals surface area contributed by atoms with Crippen LogP contribution in [0.2, 0.25) is 0 Å². The van der Waals surface area contributed by atoms with Crippen molar-refractivity contribution in [2.45, 2.75) is 26.4 Å². The third kappa shape index (κ3) is 3.08. The summed E-state index contributed by atoms with van der Waals surface area (Å²) in [6, 6.07) is 6.04. The van der Waals surface area contributed by atoms with Crippen LogP contribution in [-0.2, 0) is 14.3 Å². The summed E-state index contributed by atoms with van der Waals surface area (Å²) in [4.78, 5) is 22.5. The van der Waals surface area contributed by atoms with E-state index in [-0.39, 0.29) is 11.5 Å². The Balaban J connectivity index is 2.96. The first-order valence-corrected chi connectivity index (χ1v) is 5.03. The molecule has 0 heterocycles. The largest absolute Gasteiger partial charge is 0.508 e. The summed E-state index contributed by atoms with van der Waals surface area (Å²) in [5.74, 6) is -0.560. The minimum absolute atomic E-state index is 0.106. The Bertz CT molecular complexity index is 381. The molecule has 0 fully saturated rings. The Kier molecular flexibility index (Phi) is 4.05. The third-order valence-electron chi connectivity index (χ3n) is 2.12. The van der Waals surface area contributed by atoms with Crippen LogP contribution >= 0.6 is 0 Å². The van der Waals surface area contributed by atoms with Crippen molar-refractivity contribution in [3.05, 3.63) is 29.8 Å². The third-order valence-corrected chi connectivity index (χ3v) is 2.12. The zero-order valence-electron chi connectivity index (χ0n) is 9.27. The van der Waals surface area contributed by atoms with Gasteiger partial charge in [0.2, 0.25) is 0 Å². The fourth-order valence-corrected chi connectivity index (χ4v) is 1.32. The molecule has 0 radical (unpaired) electrons. The van der Waals surface area contributed by atoms with Gasteiger partial charge in [0, 0.05) is 18.9 Å². The van der Waals surface area contributed by atoms with E-state index in [0.717, 1.165) is 0 Å². The number of aromatic hydroxyl groups is 1. The number of hydrogen-bond donors (Lipinski definition) is 1. The lowest BCUT2D eigenvalue weighted by atomic mass is 10.0. The van der Waals surface area contributed by atoms with Crippen LogP contribution < -0.4 is 0 Å². The number of rotatable bonds is 4. The average molecular weight is 222 g/mol. The molecule has 0 spiro atoms. The van der Waals surface area contributed by atoms with E-state index in [1.54, 1.807) is 19.1 Å². The van der Waals surface area contributed by atoms with Crippen LogP contribution in [0.5, 0.6) is 5.75 Å². The van der Waals surface area contributed by atoms with Crippen molar-refractivity contribution < 1.29 is 19.4 Å². The molecule has 0 amide bonds. The minimum Gasteiger partial charge on any atom is -0.508 e. The first-order chi connectivity index (χ1) is 7.54. The van der Waals surface area contributed by atoms with Crippen molar-refractivity contribution in [2.24, 2.45) is 0 Å². The molecule has 1 N–H and O–H groups in total. The van der Waals surface area contributed by atoms with Gasteiger partial charge in [-0.2, -0.15) is 0 Å². The molecule has 0 aliphatic rings. The first kappa shape index (κ1) is 12.2. The highest BCUT2D eigenvalue weighted by Gasteiger charge is 2.21. The van der Waals surface area contributed by atoms with Gasteiger partial charge in [0.1, 0.15) is 5.75 Å². The van der Waals surface area contributed by atoms with Crippen molar-refractivity contribution in [3.63, 3.8) is 0 Å². The maximum absolute atomic E-state index is 11.6. The molecule has 1 aromatic rings. The predicted molar refractivity (Wildman–Crippen MR) is 57.9 cm³/mol. The van der Waals surface area contributed by atoms with Gasteiger partial charge in [-0.3, -0.25) is 9.59 Å². The van der Waals surface area contributed by atoms with Crippen LogP contribution in [0.4, 0.5) is 0 Å². The molecule has 16 heavy (non-hydrogen) atoms. The standard InChI is InChI=1S/C12H14O4/c1-3-11(15)12(16-8(2)13)9-4-6-10(14)7-5-9/h4-7,12,14H,3H2,1-2H3. The lowest BCUT2D eigenvalue weighted by Gasteiger charge is -2.15. The second kappa shape index (κ2) is 5.30. The molecule has 1 unspecified atom stereocenters. The fraction of sp³-hybridized carbons (Fsp3) is 0.333. The Hall–Kier alpha value is -1.84. The van der Waals surface area contributed by atoms with E-state index in [1.807, 2.05) is 0 Å². The van der Waals surface area contributed by atoms with Gasteiger partial charge < -0.3 is 9.84 Å². The van der Waals surface area contributed by atoms with Crippen LogP contribution in [0, 0.1) is 0 Å². The molecule has 86 valence electrons. The quantitative estimate of drug-likeness (QED) is 0.791. The van der Waals surface area contributed by atoms with Crippen molar-refractivity contribution in [2.75, 3.05) is 0 Å². The Morgan fingerprint density at radius 1 is 1.31 bits per heavy atom. The van der Waals surface area contributed by atoms with Gasteiger partial charge in [-0.25, -0.2) is 0 Å². The van der Waals surface area contributed by atoms with E-state index in [2.05, 4.69) is 0 Å². The first-order valence-electron chi connectivity index (χ1n) is 5.03. The number of carbonyl (C=O) groups is 2. The Morgan fingerprint density at radius 2 is 1.88 bits per heavy atom. The summed E-state index contributed by atoms with van der Waals surface area (Å²) in [5.41, 5.74) is 0.569. The molecule has 0 aliphatic heterocycles. The van der Waals surface area contributed by atoms with Crippen LogP contribution in [0.15, 0.2) is 24.3 Å². The van der Waals surface area contributed by atoms with Crippen molar-refractivity contribution in [1.29, 1.82) is 0 Å². The summed E-state index contributed by atoms with van der Waals surface area (Å²) < 4.78 is 4.96. The Morgan fingerprint density at radius 3 is 2.31 bits per heavy atom. The molecule has 1 rings (SSSR count). The average Bonchev–Trinajstić information content (AvgIpc) is 2.26. The van der Waals surface area contributed by atoms with E-state index < -0.39 is 12.1 Å². The van der Waals surface area contributed by atoms with Gasteiger partial charge in [0.05, 0.1) is 0 Å². The maximum atomic E-state index is 11.6. The van der Waals surface area contributed by atoms with Crippen LogP contribution in [-0.4, -0.2) is 16.9 Å². The number of carbonyl (C=O) groups excluding carboxylic acids is 2. The van der Waals surface area contributed by atoms with E-state index in [1.165, 1.54) is 19.1 Å². The molecular weight excluding hydrogens is 208 g/mol. The van der Waals surface area contributed by atoms with Gasteiger partial charge in [0.25, 0.3) is 0 Å². The summed E-state index contributed by atoms with van der Waals surface area (Å²) >= 11 is 0. The summed E-state index contributed by atoms with van der Waals surface area (Å²) in [6.45, 7) is 2.97. The number of Topliss-reactive ketones (excluding diaryl/α,β-unsaturated/α-hetero) is 1. The summed E-state index contributed by atoms with van der Waals surface area (Å²) in [5, 5.41) is 9.12. The molecule has 0 bridgehead atoms. The molecule has 1 atom stereocenters. The van der Waals surface area contributed by atoms with Crippen LogP contribution in [0.1, 0.15) is 31.9 Å². The number of phenolic OH excluding ortho intramolecular Hbond substituents is 1. The van der Waals surface area contributed by atoms with Crippen molar-refractivity contribution >= 4 is 11.8 Å². The highest BCUT2D eigenvalue weighted by Crippen LogP contribution is 2.22. The fourth-order valence-electron chi connectivity index (χ4n) is 1.32. The maximum Gasteiger partial charge on any atom is 0.303 e. The molecule has 0 aromatic heterocycles. The molecule has 4 heteroatoms. The molecular formula is C12H14O4. The van der Waals surface area contributed by atoms with E-state index in [9.17, 15) is 9.59 Å². The second-order valence-corrected chi connectivity index (χ2v) is 3.40. The molecule has 1 aromatic carbocycles. The number of phenols is 1. The molecule has 0 saturated heterocycles. The second-order valence-electron chi connectivity index (χ2n) is 3.40. The minimum atomic E-state index is -0.872. The van der Waals surface area contributed by atoms with Gasteiger partial charge in [0.15, 0.2) is 11.9 Å². The molecule has 4 nitrogen and oxygen atoms in total. The van der Waals surface area contributed by atoms with E-state index >= 15 is 0 Å². The number of ether oxygens (including phenoxy) is 1. The van der Waals surface area contributed by atoms with Gasteiger partial charge in [-0.1, -0.05) is 19.1 Å². The lowest BCUT2D eigenvalue weighted by Crippen LogP contribution is -2.17. The van der Waals surface area contributed by atoms with Gasteiger partial charge in [-0.15, -0.1) is 0 Å². The lowest BCUT2D eigenvalue weighted by molar-refractivity contribution is -0.153. The highest BCUT2D eigenvalue weighted by molar-refractivity contribution is 5.86. The number of esters is 1. The Labute approximate surface area is 93.9 Å². The highest BCUT2D eigenvalue weighted by atomic mass is 16.5. The van der Waals surface area contributed by atoms with Crippen LogP contribution in [0.25, 0.3) is 0 Å². The van der Waals surface area contributed by atoms with Gasteiger partial charge in [-0.05, 0) is 12.1 Å². The summed E-state index contributed by atoms with van der Waals surface area (Å²) in [6.07, 6.45) is -0.582. The molecule has 0 aliphatic carbocycles. The zero-order chi connectivity index (χ0) is 12.1. The predicted octanol–water partition coefficient (Wildman–Crippen LogP) is 1.98. The smallest absolute Gasteiger partial charge is 0.303 e. The number of ketones is 1. The normalized spacial score (nSPS) is 11.9. The van der Waals surface area contributed by atoms with Crippen LogP contribution in [0.3, 0.4) is 0 Å². The monoisotopic (exact) mass is 222 g/mol. The number of benzene rings is 1. The SMILES string of the molecule is CCC(=O)C(OC(C)=O)c1ccc(O)cc1. The van der Waals surface area contributed by atoms with E-state index in [4.69, 9.17) is 9.84 Å². The topological polar surface area (TPSA) is 63.6 Å². The summed E-state index contributed by atoms with van der Waals surface area (Å²) in [7, 11) is 0. The van der Waals surface area contributed by atoms with Crippen molar-refractivity contribution in [1.82, 2.24) is 0 Å². The van der Waals surface area contributed by atoms with Crippen molar-refractivity contribution in [3.8, 4) is 5.75 Å². The molecule has 0 saturated carbocycles. The van der Waals surface area contributed by atoms with E-state index in [0.29, 0.717) is 12.0 Å². The number of hydrogen-bond acceptors (Lipinski definition) is 4.